The number of rotatable bonds is 5. The number of hydrogen-bond donors (Lipinski definition) is 1. The summed E-state index contributed by atoms with van der Waals surface area (Å²) in [4.78, 5) is 12.7. The zero-order chi connectivity index (χ0) is 21.2. The molecule has 1 aliphatic rings. The SMILES string of the molecule is C[C@@H](NC(=O)[C@@H]1CCCN(S(=O)(=O)c2cc(Cl)ccc2Cl)C1)c1ccc(F)cc1. The van der Waals surface area contributed by atoms with Crippen LogP contribution in [0.3, 0.4) is 0 Å². The van der Waals surface area contributed by atoms with Crippen molar-refractivity contribution in [2.45, 2.75) is 30.7 Å². The second kappa shape index (κ2) is 9.00. The fraction of sp³-hybridized carbons (Fsp3) is 0.350. The molecule has 156 valence electrons. The van der Waals surface area contributed by atoms with E-state index in [4.69, 9.17) is 23.2 Å². The highest BCUT2D eigenvalue weighted by Gasteiger charge is 2.34. The van der Waals surface area contributed by atoms with E-state index >= 15 is 0 Å². The molecule has 29 heavy (non-hydrogen) atoms. The van der Waals surface area contributed by atoms with E-state index in [1.54, 1.807) is 19.1 Å². The van der Waals surface area contributed by atoms with Crippen LogP contribution in [0.1, 0.15) is 31.4 Å². The van der Waals surface area contributed by atoms with Gasteiger partial charge in [-0.25, -0.2) is 12.8 Å². The average Bonchev–Trinajstić information content (AvgIpc) is 2.70. The van der Waals surface area contributed by atoms with Crippen molar-refractivity contribution in [1.29, 1.82) is 0 Å². The molecule has 5 nitrogen and oxygen atoms in total. The maximum Gasteiger partial charge on any atom is 0.244 e. The van der Waals surface area contributed by atoms with E-state index in [2.05, 4.69) is 5.32 Å². The zero-order valence-corrected chi connectivity index (χ0v) is 18.1. The van der Waals surface area contributed by atoms with Crippen LogP contribution in [0.15, 0.2) is 47.4 Å². The Kier molecular flexibility index (Phi) is 6.83. The quantitative estimate of drug-likeness (QED) is 0.721. The van der Waals surface area contributed by atoms with Crippen molar-refractivity contribution in [3.05, 3.63) is 63.9 Å². The van der Waals surface area contributed by atoms with Crippen molar-refractivity contribution in [3.63, 3.8) is 0 Å². The Bertz CT molecular complexity index is 999. The zero-order valence-electron chi connectivity index (χ0n) is 15.7. The average molecular weight is 459 g/mol. The molecule has 0 aliphatic carbocycles. The molecule has 1 fully saturated rings. The number of amides is 1. The molecule has 3 rings (SSSR count). The molecule has 0 saturated carbocycles. The van der Waals surface area contributed by atoms with Crippen LogP contribution in [0.25, 0.3) is 0 Å². The van der Waals surface area contributed by atoms with E-state index in [0.717, 1.165) is 5.56 Å². The number of hydrogen-bond acceptors (Lipinski definition) is 3. The lowest BCUT2D eigenvalue weighted by Crippen LogP contribution is -2.45. The second-order valence-corrected chi connectivity index (χ2v) is 9.81. The largest absolute Gasteiger partial charge is 0.349 e. The Morgan fingerprint density at radius 1 is 1.21 bits per heavy atom. The first-order valence-electron chi connectivity index (χ1n) is 9.19. The highest BCUT2D eigenvalue weighted by molar-refractivity contribution is 7.89. The van der Waals surface area contributed by atoms with Crippen LogP contribution < -0.4 is 5.32 Å². The number of sulfonamides is 1. The number of carbonyl (C=O) groups excluding carboxylic acids is 1. The van der Waals surface area contributed by atoms with E-state index in [1.165, 1.54) is 34.6 Å². The van der Waals surface area contributed by atoms with Crippen LogP contribution in [0.5, 0.6) is 0 Å². The van der Waals surface area contributed by atoms with Gasteiger partial charge in [0.2, 0.25) is 15.9 Å². The summed E-state index contributed by atoms with van der Waals surface area (Å²) < 4.78 is 40.4. The third kappa shape index (κ3) is 5.09. The van der Waals surface area contributed by atoms with Gasteiger partial charge in [0.1, 0.15) is 10.7 Å². The molecule has 1 heterocycles. The fourth-order valence-corrected chi connectivity index (χ4v) is 5.62. The van der Waals surface area contributed by atoms with Crippen LogP contribution in [0, 0.1) is 11.7 Å². The minimum atomic E-state index is -3.87. The summed E-state index contributed by atoms with van der Waals surface area (Å²) >= 11 is 12.0. The standard InChI is InChI=1S/C20H21Cl2FN2O3S/c1-13(14-4-7-17(23)8-5-14)24-20(26)15-3-2-10-25(12-15)29(27,28)19-11-16(21)6-9-18(19)22/h4-9,11,13,15H,2-3,10,12H2,1H3,(H,24,26)/t13-,15-/m1/s1. The van der Waals surface area contributed by atoms with Gasteiger partial charge >= 0.3 is 0 Å². The van der Waals surface area contributed by atoms with Crippen molar-refractivity contribution >= 4 is 39.1 Å². The number of halogens is 3. The molecule has 2 aromatic carbocycles. The summed E-state index contributed by atoms with van der Waals surface area (Å²) in [6.07, 6.45) is 1.14. The third-order valence-electron chi connectivity index (χ3n) is 4.99. The molecule has 0 spiro atoms. The smallest absolute Gasteiger partial charge is 0.244 e. The molecule has 1 amide bonds. The Morgan fingerprint density at radius 3 is 2.59 bits per heavy atom. The minimum Gasteiger partial charge on any atom is -0.349 e. The highest BCUT2D eigenvalue weighted by atomic mass is 35.5. The molecule has 1 N–H and O–H groups in total. The van der Waals surface area contributed by atoms with Crippen LogP contribution in [-0.2, 0) is 14.8 Å². The van der Waals surface area contributed by atoms with Gasteiger partial charge in [-0.3, -0.25) is 4.79 Å². The van der Waals surface area contributed by atoms with Gasteiger partial charge < -0.3 is 5.32 Å². The number of benzene rings is 2. The van der Waals surface area contributed by atoms with Gasteiger partial charge in [-0.1, -0.05) is 35.3 Å². The Hall–Kier alpha value is -1.67. The van der Waals surface area contributed by atoms with Crippen LogP contribution in [0.2, 0.25) is 10.0 Å². The lowest BCUT2D eigenvalue weighted by Gasteiger charge is -2.32. The first kappa shape index (κ1) is 22.0. The van der Waals surface area contributed by atoms with Gasteiger partial charge in [-0.05, 0) is 55.7 Å². The molecule has 0 unspecified atom stereocenters. The molecule has 9 heteroatoms. The summed E-state index contributed by atoms with van der Waals surface area (Å²) in [5.41, 5.74) is 0.769. The minimum absolute atomic E-state index is 0.0626. The lowest BCUT2D eigenvalue weighted by atomic mass is 9.98. The molecule has 0 radical (unpaired) electrons. The van der Waals surface area contributed by atoms with Gasteiger partial charge in [-0.15, -0.1) is 0 Å². The first-order chi connectivity index (χ1) is 13.7. The van der Waals surface area contributed by atoms with Gasteiger partial charge in [0.25, 0.3) is 0 Å². The number of carbonyl (C=O) groups is 1. The normalized spacial score (nSPS) is 19.0. The third-order valence-corrected chi connectivity index (χ3v) is 7.58. The van der Waals surface area contributed by atoms with Crippen LogP contribution in [-0.4, -0.2) is 31.7 Å². The van der Waals surface area contributed by atoms with E-state index in [-0.39, 0.29) is 39.3 Å². The van der Waals surface area contributed by atoms with Gasteiger partial charge in [0, 0.05) is 18.1 Å². The summed E-state index contributed by atoms with van der Waals surface area (Å²) in [6.45, 7) is 2.17. The summed E-state index contributed by atoms with van der Waals surface area (Å²) in [6, 6.07) is 9.85. The molecule has 0 bridgehead atoms. The van der Waals surface area contributed by atoms with Gasteiger partial charge in [0.15, 0.2) is 0 Å². The van der Waals surface area contributed by atoms with Crippen molar-refractivity contribution in [2.24, 2.45) is 5.92 Å². The van der Waals surface area contributed by atoms with Crippen molar-refractivity contribution in [3.8, 4) is 0 Å². The summed E-state index contributed by atoms with van der Waals surface area (Å²) in [7, 11) is -3.87. The summed E-state index contributed by atoms with van der Waals surface area (Å²) in [5, 5.41) is 3.25. The van der Waals surface area contributed by atoms with Crippen molar-refractivity contribution in [2.75, 3.05) is 13.1 Å². The molecular formula is C20H21Cl2FN2O3S. The Morgan fingerprint density at radius 2 is 1.90 bits per heavy atom. The van der Waals surface area contributed by atoms with E-state index < -0.39 is 15.9 Å². The predicted octanol–water partition coefficient (Wildman–Crippen LogP) is 4.41. The predicted molar refractivity (Wildman–Crippen MR) is 111 cm³/mol. The Labute approximate surface area is 179 Å². The van der Waals surface area contributed by atoms with Crippen molar-refractivity contribution in [1.82, 2.24) is 9.62 Å². The fourth-order valence-electron chi connectivity index (χ4n) is 3.35. The molecule has 1 aliphatic heterocycles. The second-order valence-electron chi connectivity index (χ2n) is 7.06. The highest BCUT2D eigenvalue weighted by Crippen LogP contribution is 2.30. The molecule has 2 atom stereocenters. The number of piperidine rings is 1. The summed E-state index contributed by atoms with van der Waals surface area (Å²) in [5.74, 6) is -1.07. The number of nitrogens with one attached hydrogen (secondary N) is 1. The van der Waals surface area contributed by atoms with E-state index in [0.29, 0.717) is 19.4 Å². The monoisotopic (exact) mass is 458 g/mol. The van der Waals surface area contributed by atoms with Crippen molar-refractivity contribution < 1.29 is 17.6 Å². The van der Waals surface area contributed by atoms with E-state index in [1.807, 2.05) is 0 Å². The van der Waals surface area contributed by atoms with Gasteiger partial charge in [-0.2, -0.15) is 4.31 Å². The molecule has 2 aromatic rings. The van der Waals surface area contributed by atoms with Crippen LogP contribution >= 0.6 is 23.2 Å². The molecule has 1 saturated heterocycles. The van der Waals surface area contributed by atoms with Gasteiger partial charge in [0.05, 0.1) is 17.0 Å². The number of nitrogens with zero attached hydrogens (tertiary/aromatic N) is 1. The maximum atomic E-state index is 13.1. The van der Waals surface area contributed by atoms with Crippen LogP contribution in [0.4, 0.5) is 4.39 Å². The molecular weight excluding hydrogens is 438 g/mol. The molecule has 0 aromatic heterocycles. The first-order valence-corrected chi connectivity index (χ1v) is 11.4. The lowest BCUT2D eigenvalue weighted by molar-refractivity contribution is -0.126. The maximum absolute atomic E-state index is 13.1. The van der Waals surface area contributed by atoms with E-state index in [9.17, 15) is 17.6 Å². The Balaban J connectivity index is 1.72. The topological polar surface area (TPSA) is 66.5 Å².